The van der Waals surface area contributed by atoms with E-state index in [0.29, 0.717) is 32.1 Å². The Bertz CT molecular complexity index is 1520. The van der Waals surface area contributed by atoms with Gasteiger partial charge >= 0.3 is 0 Å². The number of nitrogens with one attached hydrogen (secondary N) is 1. The Morgan fingerprint density at radius 1 is 1.21 bits per heavy atom. The van der Waals surface area contributed by atoms with Crippen LogP contribution in [0.25, 0.3) is 6.08 Å². The Hall–Kier alpha value is -4.19. The third kappa shape index (κ3) is 5.86. The Balaban J connectivity index is 1.53. The zero-order valence-electron chi connectivity index (χ0n) is 20.2. The quantitative estimate of drug-likeness (QED) is 0.140. The molecule has 38 heavy (non-hydrogen) atoms. The number of hydrogen-bond acceptors (Lipinski definition) is 8. The molecule has 1 aliphatic carbocycles. The summed E-state index contributed by atoms with van der Waals surface area (Å²) in [6.07, 6.45) is 5.20. The van der Waals surface area contributed by atoms with E-state index in [1.54, 1.807) is 24.3 Å². The minimum Gasteiger partial charge on any atom is -0.493 e. The molecule has 1 aromatic heterocycles. The van der Waals surface area contributed by atoms with Gasteiger partial charge in [0.2, 0.25) is 0 Å². The number of benzene rings is 2. The van der Waals surface area contributed by atoms with Crippen LogP contribution in [0.5, 0.6) is 11.5 Å². The monoisotopic (exact) mass is 592 g/mol. The van der Waals surface area contributed by atoms with Crippen molar-refractivity contribution >= 4 is 49.9 Å². The lowest BCUT2D eigenvalue weighted by molar-refractivity contribution is -0.384. The van der Waals surface area contributed by atoms with Crippen LogP contribution in [0.3, 0.4) is 0 Å². The molecule has 0 atom stereocenters. The van der Waals surface area contributed by atoms with E-state index < -0.39 is 10.8 Å². The van der Waals surface area contributed by atoms with Crippen molar-refractivity contribution in [1.29, 1.82) is 10.5 Å². The van der Waals surface area contributed by atoms with E-state index in [1.807, 2.05) is 6.07 Å². The van der Waals surface area contributed by atoms with Gasteiger partial charge in [0, 0.05) is 21.5 Å². The number of ether oxygens (including phenoxy) is 2. The first-order valence-corrected chi connectivity index (χ1v) is 13.2. The van der Waals surface area contributed by atoms with Gasteiger partial charge in [0.1, 0.15) is 29.3 Å². The maximum atomic E-state index is 13.0. The minimum absolute atomic E-state index is 0.00919. The van der Waals surface area contributed by atoms with Crippen molar-refractivity contribution in [3.8, 4) is 23.6 Å². The smallest absolute Gasteiger partial charge is 0.269 e. The van der Waals surface area contributed by atoms with Crippen molar-refractivity contribution in [1.82, 2.24) is 0 Å². The number of anilines is 1. The summed E-state index contributed by atoms with van der Waals surface area (Å²) in [6, 6.07) is 13.4. The number of carbonyl (C=O) groups is 1. The first kappa shape index (κ1) is 26.9. The highest BCUT2D eigenvalue weighted by Crippen LogP contribution is 2.38. The van der Waals surface area contributed by atoms with Gasteiger partial charge in [-0.15, -0.1) is 11.3 Å². The molecule has 3 aromatic rings. The van der Waals surface area contributed by atoms with Crippen molar-refractivity contribution in [2.75, 3.05) is 12.4 Å². The second-order valence-corrected chi connectivity index (χ2v) is 10.3. The van der Waals surface area contributed by atoms with Crippen LogP contribution in [-0.2, 0) is 24.2 Å². The number of thiophene rings is 1. The summed E-state index contributed by atoms with van der Waals surface area (Å²) in [4.78, 5) is 24.5. The number of hydrogen-bond donors (Lipinski definition) is 1. The molecule has 1 heterocycles. The van der Waals surface area contributed by atoms with Crippen LogP contribution < -0.4 is 14.8 Å². The molecule has 2 aromatic carbocycles. The van der Waals surface area contributed by atoms with Gasteiger partial charge in [-0.1, -0.05) is 15.9 Å². The molecule has 0 bridgehead atoms. The average Bonchev–Trinajstić information content (AvgIpc) is 3.28. The second-order valence-electron chi connectivity index (χ2n) is 8.39. The molecule has 0 unspecified atom stereocenters. The van der Waals surface area contributed by atoms with Gasteiger partial charge in [0.25, 0.3) is 11.6 Å². The van der Waals surface area contributed by atoms with E-state index in [2.05, 4.69) is 27.3 Å². The summed E-state index contributed by atoms with van der Waals surface area (Å²) in [6.45, 7) is 0.147. The van der Waals surface area contributed by atoms with Crippen LogP contribution in [0, 0.1) is 32.8 Å². The summed E-state index contributed by atoms with van der Waals surface area (Å²) < 4.78 is 11.9. The van der Waals surface area contributed by atoms with Crippen LogP contribution >= 0.6 is 27.3 Å². The summed E-state index contributed by atoms with van der Waals surface area (Å²) in [7, 11) is 1.47. The van der Waals surface area contributed by atoms with E-state index in [-0.39, 0.29) is 17.9 Å². The number of fused-ring (bicyclic) bond motifs is 1. The van der Waals surface area contributed by atoms with Gasteiger partial charge in [-0.05, 0) is 72.7 Å². The van der Waals surface area contributed by atoms with Crippen LogP contribution in [0.2, 0.25) is 0 Å². The molecule has 192 valence electrons. The molecule has 0 aliphatic heterocycles. The number of methoxy groups -OCH3 is 1. The van der Waals surface area contributed by atoms with E-state index >= 15 is 0 Å². The lowest BCUT2D eigenvalue weighted by Crippen LogP contribution is -2.13. The lowest BCUT2D eigenvalue weighted by atomic mass is 9.96. The molecular formula is C27H21BrN4O5S. The maximum Gasteiger partial charge on any atom is 0.269 e. The molecule has 0 fully saturated rings. The van der Waals surface area contributed by atoms with Crippen molar-refractivity contribution in [3.05, 3.63) is 83.7 Å². The highest BCUT2D eigenvalue weighted by molar-refractivity contribution is 9.10. The van der Waals surface area contributed by atoms with Gasteiger partial charge < -0.3 is 14.8 Å². The number of nitro benzene ring substituents is 1. The summed E-state index contributed by atoms with van der Waals surface area (Å²) in [5, 5.41) is 33.4. The van der Waals surface area contributed by atoms with Gasteiger partial charge in [0.05, 0.1) is 17.6 Å². The Kier molecular flexibility index (Phi) is 8.41. The van der Waals surface area contributed by atoms with Crippen molar-refractivity contribution in [2.45, 2.75) is 32.3 Å². The topological polar surface area (TPSA) is 138 Å². The third-order valence-corrected chi connectivity index (χ3v) is 7.89. The second kappa shape index (κ2) is 11.9. The zero-order chi connectivity index (χ0) is 27.2. The minimum atomic E-state index is -0.605. The molecule has 0 spiro atoms. The maximum absolute atomic E-state index is 13.0. The molecule has 9 nitrogen and oxygen atoms in total. The standard InChI is InChI=1S/C27H21BrN4O5S/c1-36-23-11-17(22(28)12-24(23)37-15-16-6-8-19(9-7-16)32(34)35)10-18(13-29)26(33)31-27-21(14-30)20-4-2-3-5-25(20)38-27/h6-12H,2-5,15H2,1H3,(H,31,33)/b18-10+. The largest absolute Gasteiger partial charge is 0.493 e. The Morgan fingerprint density at radius 2 is 1.95 bits per heavy atom. The van der Waals surface area contributed by atoms with Gasteiger partial charge in [0.15, 0.2) is 11.5 Å². The van der Waals surface area contributed by atoms with E-state index in [1.165, 1.54) is 36.7 Å². The number of nitro groups is 1. The first-order chi connectivity index (χ1) is 18.3. The fourth-order valence-corrected chi connectivity index (χ4v) is 5.73. The highest BCUT2D eigenvalue weighted by atomic mass is 79.9. The summed E-state index contributed by atoms with van der Waals surface area (Å²) >= 11 is 4.86. The highest BCUT2D eigenvalue weighted by Gasteiger charge is 2.23. The number of halogens is 1. The molecule has 1 aliphatic rings. The van der Waals surface area contributed by atoms with Crippen LogP contribution in [0.4, 0.5) is 10.7 Å². The molecule has 0 radical (unpaired) electrons. The molecule has 0 saturated carbocycles. The van der Waals surface area contributed by atoms with Crippen LogP contribution in [0.15, 0.2) is 46.4 Å². The van der Waals surface area contributed by atoms with Crippen molar-refractivity contribution < 1.29 is 19.2 Å². The number of nitriles is 2. The van der Waals surface area contributed by atoms with E-state index in [9.17, 15) is 25.4 Å². The molecule has 1 amide bonds. The van der Waals surface area contributed by atoms with Crippen molar-refractivity contribution in [3.63, 3.8) is 0 Å². The fraction of sp³-hybridized carbons (Fsp3) is 0.222. The predicted molar refractivity (Wildman–Crippen MR) is 146 cm³/mol. The number of aryl methyl sites for hydroxylation is 1. The first-order valence-electron chi connectivity index (χ1n) is 11.6. The number of rotatable bonds is 8. The number of non-ortho nitro benzene ring substituents is 1. The summed E-state index contributed by atoms with van der Waals surface area (Å²) in [5.41, 5.74) is 2.58. The van der Waals surface area contributed by atoms with Gasteiger partial charge in [-0.3, -0.25) is 14.9 Å². The molecule has 1 N–H and O–H groups in total. The summed E-state index contributed by atoms with van der Waals surface area (Å²) in [5.74, 6) is 0.171. The molecular weight excluding hydrogens is 572 g/mol. The van der Waals surface area contributed by atoms with Gasteiger partial charge in [-0.25, -0.2) is 0 Å². The van der Waals surface area contributed by atoms with Crippen molar-refractivity contribution in [2.24, 2.45) is 0 Å². The van der Waals surface area contributed by atoms with Gasteiger partial charge in [-0.2, -0.15) is 10.5 Å². The number of nitrogens with zero attached hydrogens (tertiary/aromatic N) is 3. The van der Waals surface area contributed by atoms with Crippen LogP contribution in [0.1, 0.15) is 40.0 Å². The third-order valence-electron chi connectivity index (χ3n) is 6.00. The van der Waals surface area contributed by atoms with Crippen LogP contribution in [-0.4, -0.2) is 17.9 Å². The van der Waals surface area contributed by atoms with E-state index in [4.69, 9.17) is 9.47 Å². The predicted octanol–water partition coefficient (Wildman–Crippen LogP) is 6.30. The number of amides is 1. The number of carbonyl (C=O) groups excluding carboxylic acids is 1. The normalized spacial score (nSPS) is 12.6. The molecule has 0 saturated heterocycles. The van der Waals surface area contributed by atoms with E-state index in [0.717, 1.165) is 41.7 Å². The zero-order valence-corrected chi connectivity index (χ0v) is 22.6. The molecule has 4 rings (SSSR count). The lowest BCUT2D eigenvalue weighted by Gasteiger charge is -2.13. The average molecular weight is 593 g/mol. The fourth-order valence-electron chi connectivity index (χ4n) is 4.06. The Labute approximate surface area is 231 Å². The Morgan fingerprint density at radius 3 is 2.61 bits per heavy atom. The SMILES string of the molecule is COc1cc(/C=C(\C#N)C(=O)Nc2sc3c(c2C#N)CCCC3)c(Br)cc1OCc1ccc([N+](=O)[O-])cc1. The molecule has 11 heteroatoms.